The number of allylic oxidation sites excluding steroid dienone is 4. The molecule has 1 aliphatic rings. The van der Waals surface area contributed by atoms with Gasteiger partial charge in [-0.25, -0.2) is 5.57 Å². The van der Waals surface area contributed by atoms with Crippen LogP contribution >= 0.6 is 37.2 Å². The van der Waals surface area contributed by atoms with Crippen LogP contribution in [0.4, 0.5) is 0 Å². The Labute approximate surface area is 230 Å². The Kier molecular flexibility index (Phi) is 20.6. The van der Waals surface area contributed by atoms with Gasteiger partial charge in [-0.1, -0.05) is 108 Å². The zero-order valence-corrected chi connectivity index (χ0v) is 27.7. The molecular formula is C25H45Cl3Si2Ti-. The summed E-state index contributed by atoms with van der Waals surface area (Å²) in [4.78, 5) is 0. The molecule has 0 aromatic heterocycles. The molecule has 179 valence electrons. The largest absolute Gasteiger partial charge is 0.266 e. The van der Waals surface area contributed by atoms with Crippen LogP contribution in [0.15, 0.2) is 34.9 Å². The van der Waals surface area contributed by atoms with E-state index < -0.39 is 16.9 Å². The van der Waals surface area contributed by atoms with Gasteiger partial charge in [0.2, 0.25) is 0 Å². The summed E-state index contributed by atoms with van der Waals surface area (Å²) >= 11 is 0. The first-order valence-corrected chi connectivity index (χ1v) is 15.7. The van der Waals surface area contributed by atoms with Crippen molar-refractivity contribution in [1.82, 2.24) is 0 Å². The van der Waals surface area contributed by atoms with Crippen molar-refractivity contribution in [3.63, 3.8) is 0 Å². The Hall–Kier alpha value is 0.718. The number of aryl methyl sites for hydroxylation is 1. The summed E-state index contributed by atoms with van der Waals surface area (Å²) < 4.78 is 0. The maximum Gasteiger partial charge on any atom is 0.0910 e. The van der Waals surface area contributed by atoms with Crippen LogP contribution < -0.4 is 10.4 Å². The first-order chi connectivity index (χ1) is 12.3. The smallest absolute Gasteiger partial charge is 0.0910 e. The Morgan fingerprint density at radius 1 is 0.839 bits per heavy atom. The van der Waals surface area contributed by atoms with E-state index in [4.69, 9.17) is 0 Å². The van der Waals surface area contributed by atoms with Gasteiger partial charge in [-0.05, 0) is 18.0 Å². The molecule has 1 atom stereocenters. The van der Waals surface area contributed by atoms with Crippen LogP contribution in [-0.4, -0.2) is 16.9 Å². The number of halogens is 3. The SMILES string of the molecule is CC1=[C-]C(C)C(C)=C1C.Cc1cc([Si](C(C)C)C(C)C)cc([Si](C)(C)C)c1.Cl.Cl.Cl.[Ti]. The minimum atomic E-state index is -1.20. The van der Waals surface area contributed by atoms with E-state index in [1.54, 1.807) is 10.4 Å². The Morgan fingerprint density at radius 3 is 1.55 bits per heavy atom. The second-order valence-corrected chi connectivity index (χ2v) is 18.8. The van der Waals surface area contributed by atoms with E-state index in [1.165, 1.54) is 22.3 Å². The van der Waals surface area contributed by atoms with Gasteiger partial charge in [-0.15, -0.1) is 44.1 Å². The summed E-state index contributed by atoms with van der Waals surface area (Å²) in [5.41, 5.74) is 7.32. The van der Waals surface area contributed by atoms with Crippen LogP contribution in [-0.2, 0) is 21.7 Å². The Morgan fingerprint density at radius 2 is 1.29 bits per heavy atom. The minimum absolute atomic E-state index is 0. The standard InChI is InChI=1S/C16H29Si2.C9H13.3ClH.Ti/c1-12(2)17(13(3)4)15-9-14(5)10-16(11-15)18(6,7)8;1-6-5-7(2)9(4)8(6)3;;;;/h9-13H,1-8H3;6H,1-4H3;3*1H;/q;-1;;;;. The molecule has 0 aliphatic heterocycles. The van der Waals surface area contributed by atoms with E-state index >= 15 is 0 Å². The predicted octanol–water partition coefficient (Wildman–Crippen LogP) is 8.05. The number of rotatable bonds is 4. The van der Waals surface area contributed by atoms with Crippen molar-refractivity contribution in [2.24, 2.45) is 5.92 Å². The number of hydrogen-bond donors (Lipinski definition) is 0. The van der Waals surface area contributed by atoms with E-state index in [0.717, 1.165) is 11.1 Å². The molecule has 0 spiro atoms. The zero-order chi connectivity index (χ0) is 21.1. The van der Waals surface area contributed by atoms with Gasteiger partial charge in [0.15, 0.2) is 0 Å². The van der Waals surface area contributed by atoms with Gasteiger partial charge < -0.3 is 0 Å². The quantitative estimate of drug-likeness (QED) is 0.260. The average molecular weight is 556 g/mol. The summed E-state index contributed by atoms with van der Waals surface area (Å²) in [6.45, 7) is 27.8. The summed E-state index contributed by atoms with van der Waals surface area (Å²) in [5, 5.41) is 3.28. The molecule has 0 bridgehead atoms. The van der Waals surface area contributed by atoms with Gasteiger partial charge in [0, 0.05) is 21.7 Å². The number of hydrogen-bond acceptors (Lipinski definition) is 0. The fourth-order valence-corrected chi connectivity index (χ4v) is 8.65. The Balaban J connectivity index is -0.000000242. The van der Waals surface area contributed by atoms with Crippen molar-refractivity contribution in [1.29, 1.82) is 0 Å². The molecule has 0 amide bonds. The third-order valence-corrected chi connectivity index (χ3v) is 11.2. The normalized spacial score (nSPS) is 15.3. The van der Waals surface area contributed by atoms with Gasteiger partial charge >= 0.3 is 0 Å². The molecule has 0 saturated carbocycles. The van der Waals surface area contributed by atoms with Crippen molar-refractivity contribution in [3.8, 4) is 0 Å². The van der Waals surface area contributed by atoms with Crippen LogP contribution in [0.5, 0.6) is 0 Å². The second-order valence-electron chi connectivity index (χ2n) is 9.90. The summed E-state index contributed by atoms with van der Waals surface area (Å²) in [6.07, 6.45) is 3.36. The molecule has 6 heteroatoms. The molecular weight excluding hydrogens is 511 g/mol. The third-order valence-electron chi connectivity index (χ3n) is 5.76. The molecule has 1 aromatic carbocycles. The predicted molar refractivity (Wildman–Crippen MR) is 151 cm³/mol. The van der Waals surface area contributed by atoms with Crippen molar-refractivity contribution in [3.05, 3.63) is 46.6 Å². The van der Waals surface area contributed by atoms with Crippen LogP contribution in [0.3, 0.4) is 0 Å². The summed E-state index contributed by atoms with van der Waals surface area (Å²) in [7, 11) is -1.63. The van der Waals surface area contributed by atoms with Crippen LogP contribution in [0.2, 0.25) is 30.7 Å². The summed E-state index contributed by atoms with van der Waals surface area (Å²) in [6, 6.07) is 7.39. The van der Waals surface area contributed by atoms with E-state index in [2.05, 4.69) is 106 Å². The van der Waals surface area contributed by atoms with Gasteiger partial charge in [-0.3, -0.25) is 6.08 Å². The third kappa shape index (κ3) is 11.6. The molecule has 0 saturated heterocycles. The van der Waals surface area contributed by atoms with E-state index in [-0.39, 0.29) is 58.9 Å². The molecule has 0 fully saturated rings. The molecule has 1 aliphatic carbocycles. The van der Waals surface area contributed by atoms with Gasteiger partial charge in [0.05, 0.1) is 16.9 Å². The van der Waals surface area contributed by atoms with Crippen molar-refractivity contribution >= 4 is 64.5 Å². The zero-order valence-electron chi connectivity index (χ0n) is 21.7. The second kappa shape index (κ2) is 16.4. The maximum atomic E-state index is 3.36. The summed E-state index contributed by atoms with van der Waals surface area (Å²) in [5.74, 6) is 0.560. The molecule has 31 heavy (non-hydrogen) atoms. The minimum Gasteiger partial charge on any atom is -0.266 e. The Bertz CT molecular complexity index is 712. The van der Waals surface area contributed by atoms with Crippen LogP contribution in [0, 0.1) is 18.9 Å². The molecule has 0 N–H and O–H groups in total. The molecule has 2 rings (SSSR count). The molecule has 1 radical (unpaired) electrons. The van der Waals surface area contributed by atoms with Crippen LogP contribution in [0.25, 0.3) is 0 Å². The molecule has 0 heterocycles. The first kappa shape index (κ1) is 39.0. The van der Waals surface area contributed by atoms with Crippen molar-refractivity contribution < 1.29 is 21.7 Å². The topological polar surface area (TPSA) is 0 Å². The van der Waals surface area contributed by atoms with Crippen LogP contribution in [0.1, 0.15) is 61.0 Å². The van der Waals surface area contributed by atoms with E-state index in [0.29, 0.717) is 5.92 Å². The van der Waals surface area contributed by atoms with Crippen molar-refractivity contribution in [2.75, 3.05) is 0 Å². The fraction of sp³-hybridized carbons (Fsp3) is 0.600. The van der Waals surface area contributed by atoms with Gasteiger partial charge in [0.25, 0.3) is 0 Å². The van der Waals surface area contributed by atoms with E-state index in [1.807, 2.05) is 0 Å². The molecule has 1 unspecified atom stereocenters. The number of benzene rings is 1. The van der Waals surface area contributed by atoms with Crippen molar-refractivity contribution in [2.45, 2.75) is 93.0 Å². The average Bonchev–Trinajstić information content (AvgIpc) is 2.72. The maximum absolute atomic E-state index is 3.36. The monoisotopic (exact) mass is 554 g/mol. The fourth-order valence-electron chi connectivity index (χ4n) is 3.88. The molecule has 1 aromatic rings. The van der Waals surface area contributed by atoms with Gasteiger partial charge in [-0.2, -0.15) is 11.1 Å². The first-order valence-electron chi connectivity index (χ1n) is 10.5. The van der Waals surface area contributed by atoms with Gasteiger partial charge in [0.1, 0.15) is 0 Å². The van der Waals surface area contributed by atoms with E-state index in [9.17, 15) is 0 Å². The molecule has 0 nitrogen and oxygen atoms in total.